The van der Waals surface area contributed by atoms with Crippen molar-refractivity contribution in [1.82, 2.24) is 14.9 Å². The van der Waals surface area contributed by atoms with E-state index in [0.717, 1.165) is 25.9 Å². The number of nitrogens with zero attached hydrogens (tertiary/aromatic N) is 1. The zero-order chi connectivity index (χ0) is 20.0. The molecule has 0 spiro atoms. The molecule has 2 saturated heterocycles. The third-order valence-corrected chi connectivity index (χ3v) is 6.58. The van der Waals surface area contributed by atoms with Gasteiger partial charge in [-0.2, -0.15) is 0 Å². The number of nitrogens with one attached hydrogen (secondary N) is 2. The van der Waals surface area contributed by atoms with E-state index in [1.807, 2.05) is 0 Å². The second-order valence-electron chi connectivity index (χ2n) is 7.22. The Morgan fingerprint density at radius 1 is 1.29 bits per heavy atom. The Morgan fingerprint density at radius 2 is 2.07 bits per heavy atom. The summed E-state index contributed by atoms with van der Waals surface area (Å²) in [6.45, 7) is 6.58. The Bertz CT molecular complexity index is 759. The molecular formula is C19H29N3O5S. The second kappa shape index (κ2) is 9.80. The van der Waals surface area contributed by atoms with Crippen molar-refractivity contribution in [3.63, 3.8) is 0 Å². The van der Waals surface area contributed by atoms with Gasteiger partial charge in [0.15, 0.2) is 0 Å². The maximum Gasteiger partial charge on any atom is 0.251 e. The highest BCUT2D eigenvalue weighted by Crippen LogP contribution is 2.14. The summed E-state index contributed by atoms with van der Waals surface area (Å²) in [5, 5.41) is 2.89. The zero-order valence-electron chi connectivity index (χ0n) is 16.2. The van der Waals surface area contributed by atoms with Gasteiger partial charge in [-0.25, -0.2) is 13.1 Å². The van der Waals surface area contributed by atoms with Crippen LogP contribution in [0.1, 0.15) is 30.1 Å². The van der Waals surface area contributed by atoms with Crippen molar-refractivity contribution in [3.05, 3.63) is 29.8 Å². The van der Waals surface area contributed by atoms with Crippen LogP contribution in [0.15, 0.2) is 29.2 Å². The van der Waals surface area contributed by atoms with Crippen LogP contribution in [0, 0.1) is 0 Å². The lowest BCUT2D eigenvalue weighted by Crippen LogP contribution is -2.47. The quantitative estimate of drug-likeness (QED) is 0.650. The van der Waals surface area contributed by atoms with Crippen molar-refractivity contribution < 1.29 is 22.7 Å². The van der Waals surface area contributed by atoms with Crippen LogP contribution < -0.4 is 10.0 Å². The molecule has 2 atom stereocenters. The first-order valence-corrected chi connectivity index (χ1v) is 11.3. The number of ether oxygens (including phenoxy) is 2. The van der Waals surface area contributed by atoms with E-state index < -0.39 is 10.0 Å². The fourth-order valence-electron chi connectivity index (χ4n) is 3.39. The number of carbonyl (C=O) groups is 1. The largest absolute Gasteiger partial charge is 0.379 e. The van der Waals surface area contributed by atoms with E-state index in [1.165, 1.54) is 12.1 Å². The predicted molar refractivity (Wildman–Crippen MR) is 105 cm³/mol. The lowest BCUT2D eigenvalue weighted by molar-refractivity contribution is 0.0204. The Balaban J connectivity index is 1.55. The molecule has 2 aliphatic heterocycles. The number of hydrogen-bond donors (Lipinski definition) is 2. The van der Waals surface area contributed by atoms with Crippen molar-refractivity contribution in [1.29, 1.82) is 0 Å². The average molecular weight is 412 g/mol. The first kappa shape index (κ1) is 21.2. The summed E-state index contributed by atoms with van der Waals surface area (Å²) in [4.78, 5) is 14.8. The number of benzene rings is 1. The van der Waals surface area contributed by atoms with Gasteiger partial charge >= 0.3 is 0 Å². The van der Waals surface area contributed by atoms with Crippen molar-refractivity contribution >= 4 is 15.9 Å². The minimum absolute atomic E-state index is 0.0806. The molecule has 2 heterocycles. The van der Waals surface area contributed by atoms with E-state index in [2.05, 4.69) is 21.9 Å². The highest BCUT2D eigenvalue weighted by atomic mass is 32.2. The maximum absolute atomic E-state index is 12.5. The van der Waals surface area contributed by atoms with Crippen LogP contribution in [0.2, 0.25) is 0 Å². The molecule has 2 aliphatic rings. The van der Waals surface area contributed by atoms with E-state index >= 15 is 0 Å². The Hall–Kier alpha value is -1.52. The third kappa shape index (κ3) is 5.74. The number of hydrogen-bond acceptors (Lipinski definition) is 6. The van der Waals surface area contributed by atoms with E-state index in [4.69, 9.17) is 9.47 Å². The Labute approximate surface area is 166 Å². The molecule has 1 aromatic rings. The standard InChI is InChI=1S/C19H29N3O5S/c1-15(22-7-10-26-11-8-22)13-20-19(23)16-4-2-6-18(12-16)28(24,25)21-14-17-5-3-9-27-17/h2,4,6,12,15,17,21H,3,5,7-11,13-14H2,1H3,(H,20,23). The highest BCUT2D eigenvalue weighted by Gasteiger charge is 2.22. The van der Waals surface area contributed by atoms with E-state index in [9.17, 15) is 13.2 Å². The summed E-state index contributed by atoms with van der Waals surface area (Å²) < 4.78 is 38.4. The van der Waals surface area contributed by atoms with Crippen LogP contribution in [-0.2, 0) is 19.5 Å². The van der Waals surface area contributed by atoms with E-state index in [-0.39, 0.29) is 29.5 Å². The van der Waals surface area contributed by atoms with Gasteiger partial charge in [0.25, 0.3) is 5.91 Å². The van der Waals surface area contributed by atoms with Crippen LogP contribution in [0.25, 0.3) is 0 Å². The molecule has 0 aromatic heterocycles. The number of rotatable bonds is 8. The van der Waals surface area contributed by atoms with Gasteiger partial charge in [0.05, 0.1) is 24.2 Å². The lowest BCUT2D eigenvalue weighted by Gasteiger charge is -2.32. The number of morpholine rings is 1. The Morgan fingerprint density at radius 3 is 2.79 bits per heavy atom. The van der Waals surface area contributed by atoms with Crippen molar-refractivity contribution in [2.24, 2.45) is 0 Å². The average Bonchev–Trinajstić information content (AvgIpc) is 3.25. The summed E-state index contributed by atoms with van der Waals surface area (Å²) in [6.07, 6.45) is 1.72. The summed E-state index contributed by atoms with van der Waals surface area (Å²) in [6, 6.07) is 6.29. The summed E-state index contributed by atoms with van der Waals surface area (Å²) in [5.74, 6) is -0.281. The molecular weight excluding hydrogens is 382 g/mol. The predicted octanol–water partition coefficient (Wildman–Crippen LogP) is 0.594. The number of sulfonamides is 1. The topological polar surface area (TPSA) is 97.0 Å². The molecule has 0 saturated carbocycles. The molecule has 9 heteroatoms. The summed E-state index contributed by atoms with van der Waals surface area (Å²) >= 11 is 0. The molecule has 3 rings (SSSR count). The number of carbonyl (C=O) groups excluding carboxylic acids is 1. The number of amides is 1. The fourth-order valence-corrected chi connectivity index (χ4v) is 4.50. The molecule has 0 aliphatic carbocycles. The minimum Gasteiger partial charge on any atom is -0.379 e. The van der Waals surface area contributed by atoms with Gasteiger partial charge in [-0.1, -0.05) is 6.07 Å². The van der Waals surface area contributed by atoms with Crippen LogP contribution in [0.3, 0.4) is 0 Å². The first-order valence-electron chi connectivity index (χ1n) is 9.77. The molecule has 1 aromatic carbocycles. The van der Waals surface area contributed by atoms with Gasteiger partial charge in [-0.3, -0.25) is 9.69 Å². The normalized spacial score (nSPS) is 22.1. The van der Waals surface area contributed by atoms with Crippen molar-refractivity contribution in [3.8, 4) is 0 Å². The smallest absolute Gasteiger partial charge is 0.251 e. The van der Waals surface area contributed by atoms with E-state index in [1.54, 1.807) is 12.1 Å². The van der Waals surface area contributed by atoms with Gasteiger partial charge in [-0.05, 0) is 38.0 Å². The molecule has 0 bridgehead atoms. The Kier molecular flexibility index (Phi) is 7.42. The minimum atomic E-state index is -3.68. The second-order valence-corrected chi connectivity index (χ2v) is 8.99. The van der Waals surface area contributed by atoms with Gasteiger partial charge in [0, 0.05) is 44.4 Å². The van der Waals surface area contributed by atoms with Crippen LogP contribution >= 0.6 is 0 Å². The van der Waals surface area contributed by atoms with E-state index in [0.29, 0.717) is 31.9 Å². The molecule has 2 N–H and O–H groups in total. The molecule has 156 valence electrons. The van der Waals surface area contributed by atoms with Gasteiger partial charge in [0.2, 0.25) is 10.0 Å². The van der Waals surface area contributed by atoms with Crippen LogP contribution in [-0.4, -0.2) is 77.4 Å². The van der Waals surface area contributed by atoms with Crippen molar-refractivity contribution in [2.75, 3.05) is 46.0 Å². The molecule has 1 amide bonds. The molecule has 2 fully saturated rings. The van der Waals surface area contributed by atoms with Crippen LogP contribution in [0.5, 0.6) is 0 Å². The summed E-state index contributed by atoms with van der Waals surface area (Å²) in [7, 11) is -3.68. The van der Waals surface area contributed by atoms with Gasteiger partial charge in [-0.15, -0.1) is 0 Å². The summed E-state index contributed by atoms with van der Waals surface area (Å²) in [5.41, 5.74) is 0.328. The molecule has 0 radical (unpaired) electrons. The first-order chi connectivity index (χ1) is 13.5. The lowest BCUT2D eigenvalue weighted by atomic mass is 10.2. The molecule has 8 nitrogen and oxygen atoms in total. The monoisotopic (exact) mass is 411 g/mol. The van der Waals surface area contributed by atoms with Crippen LogP contribution in [0.4, 0.5) is 0 Å². The SMILES string of the molecule is CC(CNC(=O)c1cccc(S(=O)(=O)NCC2CCCO2)c1)N1CCOCC1. The molecule has 2 unspecified atom stereocenters. The third-order valence-electron chi connectivity index (χ3n) is 5.16. The maximum atomic E-state index is 12.5. The fraction of sp³-hybridized carbons (Fsp3) is 0.632. The highest BCUT2D eigenvalue weighted by molar-refractivity contribution is 7.89. The van der Waals surface area contributed by atoms with Gasteiger partial charge < -0.3 is 14.8 Å². The zero-order valence-corrected chi connectivity index (χ0v) is 17.0. The molecule has 28 heavy (non-hydrogen) atoms. The van der Waals surface area contributed by atoms with Gasteiger partial charge in [0.1, 0.15) is 0 Å². The van der Waals surface area contributed by atoms with Crippen molar-refractivity contribution in [2.45, 2.75) is 36.8 Å².